The molecule has 5 rings (SSSR count). The zero-order valence-electron chi connectivity index (χ0n) is 16.8. The Hall–Kier alpha value is -2.47. The molecule has 0 aliphatic carbocycles. The maximum Gasteiger partial charge on any atom is 0.251 e. The Bertz CT molecular complexity index is 965. The second-order valence-electron chi connectivity index (χ2n) is 8.77. The molecule has 4 atom stereocenters. The van der Waals surface area contributed by atoms with Gasteiger partial charge < -0.3 is 15.0 Å². The summed E-state index contributed by atoms with van der Waals surface area (Å²) in [6, 6.07) is 7.67. The summed E-state index contributed by atoms with van der Waals surface area (Å²) in [6.45, 7) is 6.01. The van der Waals surface area contributed by atoms with Crippen molar-refractivity contribution in [1.82, 2.24) is 10.3 Å². The smallest absolute Gasteiger partial charge is 0.251 e. The number of carbonyl (C=O) groups excluding carboxylic acids is 1. The van der Waals surface area contributed by atoms with Gasteiger partial charge in [0.1, 0.15) is 0 Å². The van der Waals surface area contributed by atoms with Crippen molar-refractivity contribution in [3.05, 3.63) is 59.2 Å². The third-order valence-corrected chi connectivity index (χ3v) is 7.01. The number of nitrogens with one attached hydrogen (secondary N) is 1. The minimum atomic E-state index is -0.293. The van der Waals surface area contributed by atoms with Gasteiger partial charge in [-0.25, -0.2) is 4.39 Å². The van der Waals surface area contributed by atoms with Crippen molar-refractivity contribution in [3.8, 4) is 0 Å². The topological polar surface area (TPSA) is 54.5 Å². The summed E-state index contributed by atoms with van der Waals surface area (Å²) < 4.78 is 20.7. The van der Waals surface area contributed by atoms with E-state index >= 15 is 0 Å². The van der Waals surface area contributed by atoms with Crippen molar-refractivity contribution in [1.29, 1.82) is 0 Å². The van der Waals surface area contributed by atoms with Gasteiger partial charge in [0, 0.05) is 43.2 Å². The maximum absolute atomic E-state index is 14.3. The number of halogens is 1. The minimum absolute atomic E-state index is 0.0296. The van der Waals surface area contributed by atoms with E-state index in [9.17, 15) is 9.18 Å². The number of ether oxygens (including phenoxy) is 1. The first-order valence-corrected chi connectivity index (χ1v) is 10.3. The van der Waals surface area contributed by atoms with Crippen LogP contribution in [0.1, 0.15) is 34.3 Å². The van der Waals surface area contributed by atoms with Gasteiger partial charge in [-0.1, -0.05) is 17.7 Å². The standard InChI is InChI=1S/C23H26FN3O2/c1-14-3-4-15(2)16(9-14)22(28)26-10-17-18-12-27(20-6-8-25-11-19(20)24)13-23(18)7-5-21(17)29-23/h3-4,6,8-9,11,17-18,21H,5,7,10,12-13H2,1-2H3,(H,26,28)/t17-,18+,21+,23+/m0/s1. The lowest BCUT2D eigenvalue weighted by Crippen LogP contribution is -2.42. The first-order chi connectivity index (χ1) is 14.0. The molecule has 1 N–H and O–H groups in total. The van der Waals surface area contributed by atoms with Crippen LogP contribution in [0.2, 0.25) is 0 Å². The number of carbonyl (C=O) groups is 1. The van der Waals surface area contributed by atoms with Crippen molar-refractivity contribution in [2.75, 3.05) is 24.5 Å². The number of anilines is 1. The number of hydrogen-bond donors (Lipinski definition) is 1. The first-order valence-electron chi connectivity index (χ1n) is 10.3. The van der Waals surface area contributed by atoms with E-state index in [1.54, 1.807) is 12.3 Å². The van der Waals surface area contributed by atoms with Crippen molar-refractivity contribution < 1.29 is 13.9 Å². The summed E-state index contributed by atoms with van der Waals surface area (Å²) in [5, 5.41) is 3.15. The number of fused-ring (bicyclic) bond motifs is 1. The van der Waals surface area contributed by atoms with Crippen LogP contribution in [0.3, 0.4) is 0 Å². The van der Waals surface area contributed by atoms with E-state index in [0.29, 0.717) is 24.7 Å². The number of hydrogen-bond acceptors (Lipinski definition) is 4. The monoisotopic (exact) mass is 395 g/mol. The van der Waals surface area contributed by atoms with Crippen molar-refractivity contribution >= 4 is 11.6 Å². The van der Waals surface area contributed by atoms with Crippen LogP contribution in [-0.2, 0) is 4.74 Å². The average molecular weight is 395 g/mol. The van der Waals surface area contributed by atoms with Gasteiger partial charge in [-0.2, -0.15) is 0 Å². The number of nitrogens with zero attached hydrogens (tertiary/aromatic N) is 2. The van der Waals surface area contributed by atoms with Crippen LogP contribution >= 0.6 is 0 Å². The number of aromatic nitrogens is 1. The minimum Gasteiger partial charge on any atom is -0.369 e. The molecule has 3 aliphatic heterocycles. The highest BCUT2D eigenvalue weighted by atomic mass is 19.1. The molecule has 5 nitrogen and oxygen atoms in total. The summed E-state index contributed by atoms with van der Waals surface area (Å²) in [7, 11) is 0. The molecule has 3 fully saturated rings. The lowest BCUT2D eigenvalue weighted by Gasteiger charge is -2.29. The second-order valence-corrected chi connectivity index (χ2v) is 8.77. The fraction of sp³-hybridized carbons (Fsp3) is 0.478. The summed E-state index contributed by atoms with van der Waals surface area (Å²) in [6.07, 6.45) is 5.09. The largest absolute Gasteiger partial charge is 0.369 e. The third-order valence-electron chi connectivity index (χ3n) is 7.01. The van der Waals surface area contributed by atoms with Crippen LogP contribution in [0.25, 0.3) is 0 Å². The maximum atomic E-state index is 14.3. The Balaban J connectivity index is 1.31. The molecule has 2 aromatic rings. The van der Waals surface area contributed by atoms with Crippen LogP contribution in [0.4, 0.5) is 10.1 Å². The van der Waals surface area contributed by atoms with Crippen LogP contribution in [0.15, 0.2) is 36.7 Å². The number of rotatable bonds is 4. The van der Waals surface area contributed by atoms with E-state index in [2.05, 4.69) is 15.2 Å². The number of aryl methyl sites for hydroxylation is 2. The normalized spacial score (nSPS) is 29.9. The Labute approximate surface area is 170 Å². The summed E-state index contributed by atoms with van der Waals surface area (Å²) in [4.78, 5) is 18.7. The molecule has 1 spiro atoms. The van der Waals surface area contributed by atoms with Crippen LogP contribution < -0.4 is 10.2 Å². The van der Waals surface area contributed by atoms with Gasteiger partial charge in [0.15, 0.2) is 5.82 Å². The van der Waals surface area contributed by atoms with Gasteiger partial charge in [-0.05, 0) is 44.4 Å². The zero-order chi connectivity index (χ0) is 20.2. The van der Waals surface area contributed by atoms with Crippen molar-refractivity contribution in [2.24, 2.45) is 11.8 Å². The molecular weight excluding hydrogens is 369 g/mol. The lowest BCUT2D eigenvalue weighted by molar-refractivity contribution is 0.0141. The molecule has 3 saturated heterocycles. The quantitative estimate of drug-likeness (QED) is 0.864. The fourth-order valence-electron chi connectivity index (χ4n) is 5.56. The molecule has 4 heterocycles. The van der Waals surface area contributed by atoms with E-state index in [-0.39, 0.29) is 29.3 Å². The SMILES string of the molecule is Cc1ccc(C)c(C(=O)NC[C@H]2[C@H]3CN(c4ccncc4F)C[C@]34CC[C@H]2O4)c1. The van der Waals surface area contributed by atoms with E-state index < -0.39 is 0 Å². The van der Waals surface area contributed by atoms with Gasteiger partial charge in [0.05, 0.1) is 23.6 Å². The van der Waals surface area contributed by atoms with E-state index in [4.69, 9.17) is 4.74 Å². The van der Waals surface area contributed by atoms with Gasteiger partial charge in [0.2, 0.25) is 0 Å². The highest BCUT2D eigenvalue weighted by Crippen LogP contribution is 2.55. The van der Waals surface area contributed by atoms with Gasteiger partial charge in [-0.15, -0.1) is 0 Å². The molecule has 2 bridgehead atoms. The zero-order valence-corrected chi connectivity index (χ0v) is 16.8. The molecule has 0 unspecified atom stereocenters. The molecule has 3 aliphatic rings. The number of amides is 1. The van der Waals surface area contributed by atoms with Gasteiger partial charge in [-0.3, -0.25) is 9.78 Å². The first kappa shape index (κ1) is 18.6. The molecule has 0 saturated carbocycles. The molecule has 29 heavy (non-hydrogen) atoms. The Morgan fingerprint density at radius 2 is 2.24 bits per heavy atom. The molecule has 1 aromatic heterocycles. The fourth-order valence-corrected chi connectivity index (χ4v) is 5.56. The van der Waals surface area contributed by atoms with Gasteiger partial charge in [0.25, 0.3) is 5.91 Å². The lowest BCUT2D eigenvalue weighted by atomic mass is 9.73. The predicted octanol–water partition coefficient (Wildman–Crippen LogP) is 3.25. The molecular formula is C23H26FN3O2. The summed E-state index contributed by atoms with van der Waals surface area (Å²) in [5.74, 6) is 0.233. The predicted molar refractivity (Wildman–Crippen MR) is 108 cm³/mol. The van der Waals surface area contributed by atoms with E-state index in [0.717, 1.165) is 36.1 Å². The summed E-state index contributed by atoms with van der Waals surface area (Å²) >= 11 is 0. The van der Waals surface area contributed by atoms with E-state index in [1.807, 2.05) is 32.0 Å². The Morgan fingerprint density at radius 3 is 3.07 bits per heavy atom. The number of benzene rings is 1. The highest BCUT2D eigenvalue weighted by molar-refractivity contribution is 5.95. The molecule has 1 aromatic carbocycles. The summed E-state index contributed by atoms with van der Waals surface area (Å²) in [5.41, 5.74) is 3.17. The molecule has 152 valence electrons. The van der Waals surface area contributed by atoms with E-state index in [1.165, 1.54) is 6.20 Å². The average Bonchev–Trinajstić information content (AvgIpc) is 3.37. The third kappa shape index (κ3) is 3.01. The molecule has 0 radical (unpaired) electrons. The van der Waals surface area contributed by atoms with Crippen molar-refractivity contribution in [3.63, 3.8) is 0 Å². The van der Waals surface area contributed by atoms with Crippen LogP contribution in [0, 0.1) is 31.5 Å². The molecule has 6 heteroatoms. The highest BCUT2D eigenvalue weighted by Gasteiger charge is 2.63. The van der Waals surface area contributed by atoms with Crippen molar-refractivity contribution in [2.45, 2.75) is 38.4 Å². The Kier molecular flexibility index (Phi) is 4.35. The van der Waals surface area contributed by atoms with Crippen LogP contribution in [0.5, 0.6) is 0 Å². The molecule has 1 amide bonds. The second kappa shape index (κ2) is 6.80. The number of pyridine rings is 1. The van der Waals surface area contributed by atoms with Gasteiger partial charge >= 0.3 is 0 Å². The Morgan fingerprint density at radius 1 is 1.38 bits per heavy atom. The van der Waals surface area contributed by atoms with Crippen LogP contribution in [-0.4, -0.2) is 42.2 Å².